The molecule has 1 aliphatic heterocycles. The standard InChI is InChI=1S/C17H24F3NO3/c1-23-16-6-4-13(5-7-16)11-24-12-15(22)10-21-8-2-3-14(9-21)17(18,19)20/h4-7,14-15,22H,2-3,8-12H2,1H3/p+1/t14-,15+/m0/s1. The highest BCUT2D eigenvalue weighted by atomic mass is 19.4. The monoisotopic (exact) mass is 348 g/mol. The lowest BCUT2D eigenvalue weighted by molar-refractivity contribution is -0.913. The van der Waals surface area contributed by atoms with Gasteiger partial charge in [0.15, 0.2) is 0 Å². The zero-order valence-electron chi connectivity index (χ0n) is 13.8. The molecular weight excluding hydrogens is 323 g/mol. The van der Waals surface area contributed by atoms with Crippen molar-refractivity contribution in [1.29, 1.82) is 0 Å². The number of alkyl halides is 3. The predicted octanol–water partition coefficient (Wildman–Crippen LogP) is 1.43. The van der Waals surface area contributed by atoms with Gasteiger partial charge in [0, 0.05) is 0 Å². The van der Waals surface area contributed by atoms with Gasteiger partial charge < -0.3 is 19.5 Å². The maximum absolute atomic E-state index is 12.8. The van der Waals surface area contributed by atoms with E-state index < -0.39 is 18.2 Å². The molecule has 1 aromatic rings. The van der Waals surface area contributed by atoms with Crippen LogP contribution < -0.4 is 9.64 Å². The molecule has 2 rings (SSSR count). The minimum absolute atomic E-state index is 0.0407. The Morgan fingerprint density at radius 2 is 2.00 bits per heavy atom. The van der Waals surface area contributed by atoms with Crippen molar-refractivity contribution in [2.45, 2.75) is 31.7 Å². The fraction of sp³-hybridized carbons (Fsp3) is 0.647. The van der Waals surface area contributed by atoms with Crippen LogP contribution in [0.2, 0.25) is 0 Å². The number of hydrogen-bond donors (Lipinski definition) is 2. The third-order valence-corrected chi connectivity index (χ3v) is 4.34. The number of benzene rings is 1. The molecule has 24 heavy (non-hydrogen) atoms. The minimum Gasteiger partial charge on any atom is -0.497 e. The molecule has 0 aliphatic carbocycles. The second-order valence-electron chi connectivity index (χ2n) is 6.31. The zero-order chi connectivity index (χ0) is 17.6. The maximum Gasteiger partial charge on any atom is 0.397 e. The maximum atomic E-state index is 12.8. The summed E-state index contributed by atoms with van der Waals surface area (Å²) in [6.45, 7) is 1.46. The number of rotatable bonds is 7. The first-order valence-electron chi connectivity index (χ1n) is 8.17. The van der Waals surface area contributed by atoms with Gasteiger partial charge in [-0.25, -0.2) is 0 Å². The molecule has 1 heterocycles. The van der Waals surface area contributed by atoms with Crippen molar-refractivity contribution in [2.75, 3.05) is 33.4 Å². The smallest absolute Gasteiger partial charge is 0.397 e. The largest absolute Gasteiger partial charge is 0.497 e. The van der Waals surface area contributed by atoms with Gasteiger partial charge >= 0.3 is 6.18 Å². The van der Waals surface area contributed by atoms with E-state index in [4.69, 9.17) is 9.47 Å². The number of aliphatic hydroxyl groups excluding tert-OH is 1. The highest BCUT2D eigenvalue weighted by Crippen LogP contribution is 2.29. The van der Waals surface area contributed by atoms with Gasteiger partial charge in [0.2, 0.25) is 0 Å². The SMILES string of the molecule is COc1ccc(COC[C@H](O)C[NH+]2CCC[C@H](C(F)(F)F)C2)cc1. The van der Waals surface area contributed by atoms with Crippen molar-refractivity contribution in [3.63, 3.8) is 0 Å². The van der Waals surface area contributed by atoms with E-state index in [9.17, 15) is 18.3 Å². The summed E-state index contributed by atoms with van der Waals surface area (Å²) in [5.41, 5.74) is 0.949. The summed E-state index contributed by atoms with van der Waals surface area (Å²) >= 11 is 0. The molecule has 0 bridgehead atoms. The lowest BCUT2D eigenvalue weighted by Crippen LogP contribution is -3.15. The molecule has 1 fully saturated rings. The number of piperidine rings is 1. The van der Waals surface area contributed by atoms with Crippen LogP contribution in [-0.2, 0) is 11.3 Å². The Morgan fingerprint density at radius 1 is 1.29 bits per heavy atom. The minimum atomic E-state index is -4.14. The van der Waals surface area contributed by atoms with Crippen LogP contribution >= 0.6 is 0 Å². The van der Waals surface area contributed by atoms with E-state index in [1.165, 1.54) is 0 Å². The van der Waals surface area contributed by atoms with Gasteiger partial charge in [-0.3, -0.25) is 0 Å². The fourth-order valence-electron chi connectivity index (χ4n) is 3.04. The Kier molecular flexibility index (Phi) is 6.89. The second-order valence-corrected chi connectivity index (χ2v) is 6.31. The van der Waals surface area contributed by atoms with Crippen LogP contribution in [-0.4, -0.2) is 50.7 Å². The normalized spacial score (nSPS) is 23.0. The summed E-state index contributed by atoms with van der Waals surface area (Å²) < 4.78 is 48.9. The van der Waals surface area contributed by atoms with Crippen LogP contribution in [0.3, 0.4) is 0 Å². The average molecular weight is 348 g/mol. The molecule has 2 N–H and O–H groups in total. The lowest BCUT2D eigenvalue weighted by atomic mass is 9.97. The number of ether oxygens (including phenoxy) is 2. The Balaban J connectivity index is 1.69. The number of methoxy groups -OCH3 is 1. The van der Waals surface area contributed by atoms with E-state index in [1.807, 2.05) is 24.3 Å². The summed E-state index contributed by atoms with van der Waals surface area (Å²) in [6, 6.07) is 7.39. The molecule has 1 saturated heterocycles. The lowest BCUT2D eigenvalue weighted by Gasteiger charge is -2.32. The van der Waals surface area contributed by atoms with Crippen LogP contribution in [0.1, 0.15) is 18.4 Å². The summed E-state index contributed by atoms with van der Waals surface area (Å²) in [5, 5.41) is 10.0. The highest BCUT2D eigenvalue weighted by molar-refractivity contribution is 5.26. The Morgan fingerprint density at radius 3 is 2.62 bits per heavy atom. The molecule has 136 valence electrons. The van der Waals surface area contributed by atoms with E-state index in [-0.39, 0.29) is 26.1 Å². The summed E-state index contributed by atoms with van der Waals surface area (Å²) in [7, 11) is 1.59. The predicted molar refractivity (Wildman–Crippen MR) is 83.0 cm³/mol. The second kappa shape index (κ2) is 8.69. The van der Waals surface area contributed by atoms with Crippen LogP contribution in [0.5, 0.6) is 5.75 Å². The molecule has 0 amide bonds. The number of nitrogens with one attached hydrogen (secondary N) is 1. The number of halogens is 3. The van der Waals surface area contributed by atoms with E-state index >= 15 is 0 Å². The molecular formula is C17H25F3NO3+. The molecule has 1 aliphatic rings. The highest BCUT2D eigenvalue weighted by Gasteiger charge is 2.43. The third kappa shape index (κ3) is 5.96. The number of quaternary nitrogens is 1. The van der Waals surface area contributed by atoms with Crippen LogP contribution in [0, 0.1) is 5.92 Å². The molecule has 0 radical (unpaired) electrons. The van der Waals surface area contributed by atoms with E-state index in [2.05, 4.69) is 0 Å². The molecule has 1 aromatic carbocycles. The number of aliphatic hydroxyl groups is 1. The third-order valence-electron chi connectivity index (χ3n) is 4.34. The molecule has 0 aromatic heterocycles. The van der Waals surface area contributed by atoms with Crippen molar-refractivity contribution in [2.24, 2.45) is 5.92 Å². The van der Waals surface area contributed by atoms with Crippen LogP contribution in [0.15, 0.2) is 24.3 Å². The van der Waals surface area contributed by atoms with Crippen molar-refractivity contribution in [3.8, 4) is 5.75 Å². The van der Waals surface area contributed by atoms with Gasteiger partial charge in [0.1, 0.15) is 24.3 Å². The Hall–Kier alpha value is -1.31. The first-order chi connectivity index (χ1) is 11.4. The quantitative estimate of drug-likeness (QED) is 0.784. The number of hydrogen-bond acceptors (Lipinski definition) is 3. The van der Waals surface area contributed by atoms with Crippen molar-refractivity contribution >= 4 is 0 Å². The zero-order valence-corrected chi connectivity index (χ0v) is 13.8. The first kappa shape index (κ1) is 19.0. The van der Waals surface area contributed by atoms with E-state index in [1.54, 1.807) is 7.11 Å². The van der Waals surface area contributed by atoms with E-state index in [0.717, 1.165) is 16.2 Å². The molecule has 0 spiro atoms. The Bertz CT molecular complexity index is 493. The summed E-state index contributed by atoms with van der Waals surface area (Å²) in [5.74, 6) is -0.500. The summed E-state index contributed by atoms with van der Waals surface area (Å²) in [6.07, 6.45) is -4.16. The van der Waals surface area contributed by atoms with E-state index in [0.29, 0.717) is 19.6 Å². The molecule has 1 unspecified atom stereocenters. The topological polar surface area (TPSA) is 43.1 Å². The van der Waals surface area contributed by atoms with Crippen LogP contribution in [0.25, 0.3) is 0 Å². The van der Waals surface area contributed by atoms with Crippen molar-refractivity contribution in [1.82, 2.24) is 0 Å². The molecule has 3 atom stereocenters. The van der Waals surface area contributed by atoms with Gasteiger partial charge in [0.25, 0.3) is 0 Å². The molecule has 7 heteroatoms. The fourth-order valence-corrected chi connectivity index (χ4v) is 3.04. The average Bonchev–Trinajstić information content (AvgIpc) is 2.55. The van der Waals surface area contributed by atoms with Gasteiger partial charge in [-0.15, -0.1) is 0 Å². The van der Waals surface area contributed by atoms with Crippen molar-refractivity contribution in [3.05, 3.63) is 29.8 Å². The molecule has 0 saturated carbocycles. The van der Waals surface area contributed by atoms with Gasteiger partial charge in [-0.2, -0.15) is 13.2 Å². The van der Waals surface area contributed by atoms with Gasteiger partial charge in [-0.1, -0.05) is 12.1 Å². The summed E-state index contributed by atoms with van der Waals surface area (Å²) in [4.78, 5) is 0.795. The van der Waals surface area contributed by atoms with Crippen LogP contribution in [0.4, 0.5) is 13.2 Å². The van der Waals surface area contributed by atoms with Gasteiger partial charge in [-0.05, 0) is 30.5 Å². The number of likely N-dealkylation sites (tertiary alicyclic amines) is 1. The molecule has 4 nitrogen and oxygen atoms in total. The van der Waals surface area contributed by atoms with Gasteiger partial charge in [0.05, 0.1) is 33.4 Å². The first-order valence-corrected chi connectivity index (χ1v) is 8.17. The Labute approximate surface area is 140 Å². The van der Waals surface area contributed by atoms with Crippen molar-refractivity contribution < 1.29 is 32.7 Å².